The van der Waals surface area contributed by atoms with Crippen molar-refractivity contribution in [1.82, 2.24) is 0 Å². The quantitative estimate of drug-likeness (QED) is 0.448. The second-order valence-corrected chi connectivity index (χ2v) is 3.38. The smallest absolute Gasteiger partial charge is 0.345 e. The molecule has 0 heterocycles. The van der Waals surface area contributed by atoms with Gasteiger partial charge in [-0.05, 0) is 31.9 Å². The molecule has 0 spiro atoms. The number of aryl methyl sites for hydroxylation is 1. The topological polar surface area (TPSA) is 69.4 Å². The summed E-state index contributed by atoms with van der Waals surface area (Å²) < 4.78 is 4.81. The Morgan fingerprint density at radius 2 is 2.06 bits per heavy atom. The Labute approximate surface area is 93.2 Å². The molecule has 1 aromatic rings. The van der Waals surface area contributed by atoms with Crippen LogP contribution in [0.2, 0.25) is 0 Å². The van der Waals surface area contributed by atoms with Crippen molar-refractivity contribution in [3.8, 4) is 0 Å². The standard InChI is InChI=1S/C11H13NO4/c1-4-16-11(13)10-8(3)7(2)5-6-9(10)12(14)15/h5-6H,4H2,1-3H3. The molecule has 0 bridgehead atoms. The van der Waals surface area contributed by atoms with Crippen molar-refractivity contribution >= 4 is 11.7 Å². The van der Waals surface area contributed by atoms with E-state index in [1.165, 1.54) is 6.07 Å². The Hall–Kier alpha value is -1.91. The first-order valence-electron chi connectivity index (χ1n) is 4.90. The summed E-state index contributed by atoms with van der Waals surface area (Å²) in [6, 6.07) is 2.95. The highest BCUT2D eigenvalue weighted by Crippen LogP contribution is 2.25. The molecule has 5 heteroatoms. The summed E-state index contributed by atoms with van der Waals surface area (Å²) in [5, 5.41) is 10.8. The van der Waals surface area contributed by atoms with Gasteiger partial charge in [0.05, 0.1) is 11.5 Å². The summed E-state index contributed by atoms with van der Waals surface area (Å²) >= 11 is 0. The van der Waals surface area contributed by atoms with Crippen LogP contribution in [0.25, 0.3) is 0 Å². The van der Waals surface area contributed by atoms with Crippen LogP contribution in [0.3, 0.4) is 0 Å². The first kappa shape index (κ1) is 12.2. The number of hydrogen-bond donors (Lipinski definition) is 0. The van der Waals surface area contributed by atoms with Crippen LogP contribution < -0.4 is 0 Å². The third kappa shape index (κ3) is 2.18. The Kier molecular flexibility index (Phi) is 3.60. The Morgan fingerprint density at radius 3 is 2.56 bits per heavy atom. The van der Waals surface area contributed by atoms with Gasteiger partial charge in [0, 0.05) is 6.07 Å². The molecule has 16 heavy (non-hydrogen) atoms. The predicted octanol–water partition coefficient (Wildman–Crippen LogP) is 2.39. The molecule has 0 amide bonds. The number of nitro groups is 1. The minimum Gasteiger partial charge on any atom is -0.462 e. The Morgan fingerprint density at radius 1 is 1.44 bits per heavy atom. The van der Waals surface area contributed by atoms with Crippen molar-refractivity contribution in [2.75, 3.05) is 6.61 Å². The minimum atomic E-state index is -0.643. The van der Waals surface area contributed by atoms with Gasteiger partial charge < -0.3 is 4.74 Å². The van der Waals surface area contributed by atoms with E-state index in [9.17, 15) is 14.9 Å². The largest absolute Gasteiger partial charge is 0.462 e. The van der Waals surface area contributed by atoms with Gasteiger partial charge in [0.1, 0.15) is 5.56 Å². The number of rotatable bonds is 3. The normalized spacial score (nSPS) is 9.94. The van der Waals surface area contributed by atoms with Crippen LogP contribution in [-0.4, -0.2) is 17.5 Å². The van der Waals surface area contributed by atoms with E-state index in [-0.39, 0.29) is 17.9 Å². The molecular weight excluding hydrogens is 210 g/mol. The molecule has 5 nitrogen and oxygen atoms in total. The van der Waals surface area contributed by atoms with Crippen molar-refractivity contribution in [2.24, 2.45) is 0 Å². The molecule has 0 aromatic heterocycles. The maximum absolute atomic E-state index is 11.6. The minimum absolute atomic E-state index is 0.0480. The van der Waals surface area contributed by atoms with E-state index in [2.05, 4.69) is 0 Å². The van der Waals surface area contributed by atoms with Crippen LogP contribution in [0.4, 0.5) is 5.69 Å². The first-order valence-corrected chi connectivity index (χ1v) is 4.90. The summed E-state index contributed by atoms with van der Waals surface area (Å²) in [5.74, 6) is -0.643. The summed E-state index contributed by atoms with van der Waals surface area (Å²) in [4.78, 5) is 21.8. The van der Waals surface area contributed by atoms with Crippen molar-refractivity contribution in [3.05, 3.63) is 38.9 Å². The molecule has 0 aliphatic heterocycles. The third-order valence-corrected chi connectivity index (χ3v) is 2.39. The molecule has 1 aromatic carbocycles. The van der Waals surface area contributed by atoms with Gasteiger partial charge in [-0.15, -0.1) is 0 Å². The van der Waals surface area contributed by atoms with Gasteiger partial charge in [-0.1, -0.05) is 6.07 Å². The van der Waals surface area contributed by atoms with E-state index in [0.29, 0.717) is 5.56 Å². The fourth-order valence-corrected chi connectivity index (χ4v) is 1.41. The molecule has 0 N–H and O–H groups in total. The molecule has 0 aliphatic rings. The second-order valence-electron chi connectivity index (χ2n) is 3.38. The Balaban J connectivity index is 3.37. The maximum atomic E-state index is 11.6. The summed E-state index contributed by atoms with van der Waals surface area (Å²) in [6.07, 6.45) is 0. The second kappa shape index (κ2) is 4.74. The van der Waals surface area contributed by atoms with Crippen LogP contribution in [-0.2, 0) is 4.74 Å². The van der Waals surface area contributed by atoms with Gasteiger partial charge in [0.2, 0.25) is 0 Å². The van der Waals surface area contributed by atoms with Crippen molar-refractivity contribution in [1.29, 1.82) is 0 Å². The highest BCUT2D eigenvalue weighted by Gasteiger charge is 2.24. The van der Waals surface area contributed by atoms with Gasteiger partial charge in [-0.25, -0.2) is 4.79 Å². The van der Waals surface area contributed by atoms with Crippen molar-refractivity contribution in [3.63, 3.8) is 0 Å². The molecule has 0 saturated heterocycles. The zero-order chi connectivity index (χ0) is 12.3. The van der Waals surface area contributed by atoms with E-state index in [0.717, 1.165) is 5.56 Å². The van der Waals surface area contributed by atoms with Crippen LogP contribution >= 0.6 is 0 Å². The number of benzene rings is 1. The number of nitrogens with zero attached hydrogens (tertiary/aromatic N) is 1. The zero-order valence-corrected chi connectivity index (χ0v) is 9.44. The molecule has 0 saturated carbocycles. The molecule has 1 rings (SSSR count). The lowest BCUT2D eigenvalue weighted by Gasteiger charge is -2.08. The fourth-order valence-electron chi connectivity index (χ4n) is 1.41. The van der Waals surface area contributed by atoms with Gasteiger partial charge >= 0.3 is 5.97 Å². The SMILES string of the molecule is CCOC(=O)c1c([N+](=O)[O-])ccc(C)c1C. The van der Waals surface area contributed by atoms with Crippen LogP contribution in [0.5, 0.6) is 0 Å². The van der Waals surface area contributed by atoms with E-state index < -0.39 is 10.9 Å². The molecule has 0 fully saturated rings. The van der Waals surface area contributed by atoms with Crippen LogP contribution in [0.15, 0.2) is 12.1 Å². The third-order valence-electron chi connectivity index (χ3n) is 2.39. The average Bonchev–Trinajstić information content (AvgIpc) is 2.21. The summed E-state index contributed by atoms with van der Waals surface area (Å²) in [5.41, 5.74) is 1.26. The summed E-state index contributed by atoms with van der Waals surface area (Å²) in [6.45, 7) is 5.33. The number of carbonyl (C=O) groups excluding carboxylic acids is 1. The lowest BCUT2D eigenvalue weighted by atomic mass is 10.0. The monoisotopic (exact) mass is 223 g/mol. The molecule has 0 unspecified atom stereocenters. The van der Waals surface area contributed by atoms with Crippen LogP contribution in [0, 0.1) is 24.0 Å². The highest BCUT2D eigenvalue weighted by molar-refractivity contribution is 5.95. The zero-order valence-electron chi connectivity index (χ0n) is 9.44. The number of ether oxygens (including phenoxy) is 1. The van der Waals surface area contributed by atoms with Gasteiger partial charge in [0.25, 0.3) is 5.69 Å². The number of nitro benzene ring substituents is 1. The van der Waals surface area contributed by atoms with Gasteiger partial charge in [-0.2, -0.15) is 0 Å². The van der Waals surface area contributed by atoms with E-state index in [1.807, 2.05) is 0 Å². The van der Waals surface area contributed by atoms with Gasteiger partial charge in [0.15, 0.2) is 0 Å². The van der Waals surface area contributed by atoms with E-state index in [1.54, 1.807) is 26.8 Å². The molecule has 86 valence electrons. The number of esters is 1. The lowest BCUT2D eigenvalue weighted by molar-refractivity contribution is -0.385. The van der Waals surface area contributed by atoms with Crippen molar-refractivity contribution in [2.45, 2.75) is 20.8 Å². The lowest BCUT2D eigenvalue weighted by Crippen LogP contribution is -2.10. The Bertz CT molecular complexity index is 440. The van der Waals surface area contributed by atoms with Crippen LogP contribution in [0.1, 0.15) is 28.4 Å². The molecule has 0 radical (unpaired) electrons. The predicted molar refractivity (Wildman–Crippen MR) is 58.5 cm³/mol. The van der Waals surface area contributed by atoms with Gasteiger partial charge in [-0.3, -0.25) is 10.1 Å². The highest BCUT2D eigenvalue weighted by atomic mass is 16.6. The number of carbonyl (C=O) groups is 1. The van der Waals surface area contributed by atoms with E-state index >= 15 is 0 Å². The van der Waals surface area contributed by atoms with Crippen molar-refractivity contribution < 1.29 is 14.5 Å². The molecule has 0 aliphatic carbocycles. The average molecular weight is 223 g/mol. The van der Waals surface area contributed by atoms with E-state index in [4.69, 9.17) is 4.74 Å². The maximum Gasteiger partial charge on any atom is 0.345 e. The first-order chi connectivity index (χ1) is 7.49. The molecular formula is C11H13NO4. The fraction of sp³-hybridized carbons (Fsp3) is 0.364. The molecule has 0 atom stereocenters. The summed E-state index contributed by atoms with van der Waals surface area (Å²) in [7, 11) is 0. The number of hydrogen-bond acceptors (Lipinski definition) is 4.